The van der Waals surface area contributed by atoms with E-state index < -0.39 is 39.9 Å². The molecule has 0 aliphatic heterocycles. The fourth-order valence-corrected chi connectivity index (χ4v) is 12.3. The molecule has 1 aromatic heterocycles. The Bertz CT molecular complexity index is 2720. The number of ketones is 2. The summed E-state index contributed by atoms with van der Waals surface area (Å²) >= 11 is 17.2. The van der Waals surface area contributed by atoms with Gasteiger partial charge in [-0.25, -0.2) is 4.39 Å². The molecule has 1 unspecified atom stereocenters. The van der Waals surface area contributed by atoms with Crippen LogP contribution in [0.5, 0.6) is 5.75 Å². The highest BCUT2D eigenvalue weighted by Crippen LogP contribution is 2.70. The third-order valence-corrected chi connectivity index (χ3v) is 16.4. The Morgan fingerprint density at radius 2 is 1.67 bits per heavy atom. The van der Waals surface area contributed by atoms with Crippen molar-refractivity contribution in [3.63, 3.8) is 0 Å². The van der Waals surface area contributed by atoms with E-state index in [4.69, 9.17) is 40.2 Å². The van der Waals surface area contributed by atoms with Gasteiger partial charge in [0.2, 0.25) is 0 Å². The van der Waals surface area contributed by atoms with Crippen LogP contribution in [0.25, 0.3) is 10.8 Å². The van der Waals surface area contributed by atoms with Crippen molar-refractivity contribution in [2.75, 3.05) is 38.5 Å². The first kappa shape index (κ1) is 52.0. The van der Waals surface area contributed by atoms with Crippen molar-refractivity contribution in [2.24, 2.45) is 28.6 Å². The van der Waals surface area contributed by atoms with Crippen molar-refractivity contribution in [1.82, 2.24) is 9.88 Å². The minimum Gasteiger partial charge on any atom is -0.432 e. The molecule has 4 aliphatic rings. The number of hydrogen-bond donors (Lipinski definition) is 2. The Morgan fingerprint density at radius 3 is 2.33 bits per heavy atom. The number of benzene rings is 4. The number of carbonyl (C=O) groups is 2. The maximum Gasteiger partial charge on any atom is 0.269 e. The molecule has 1 heterocycles. The first-order valence-corrected chi connectivity index (χ1v) is 25.0. The second-order valence-corrected chi connectivity index (χ2v) is 21.0. The van der Waals surface area contributed by atoms with Crippen LogP contribution < -0.4 is 9.64 Å². The number of rotatable bonds is 9. The number of anilines is 1. The molecule has 12 heteroatoms. The molecule has 9 rings (SSSR count). The molecular weight excluding hydrogens is 929 g/mol. The fourth-order valence-electron chi connectivity index (χ4n) is 11.7. The molecule has 3 fully saturated rings. The quantitative estimate of drug-likeness (QED) is 0.110. The number of nitrogens with zero attached hydrogens (tertiary/aromatic N) is 3. The maximum atomic E-state index is 16.9. The van der Waals surface area contributed by atoms with E-state index in [1.807, 2.05) is 98.7 Å². The standard InChI is InChI=1S/C22H28ClFO4.C19H17NOS.C16H19ClN2/c1-12-8-16-15-5-4-13-9-14(25)6-7-19(13,2)21(15,24)17(26)10-20(16,3)22(12,28)18(27)11-23;1-14-6-5-9-17(12-14)20(2)19(22)21-18-11-10-15-7-3-4-8-16(15)13-18;1-19(2)12-10-15(16-5-3-4-11-18-16)13-6-8-14(17)9-7-13/h6-7,9,12,15-17,26,28H,4-5,8,10-11H2,1-3H3;3-13H,1-2H3;3-9,11,15H,10,12H2,1-2H3/t12-,15-,16-,17-,19-,20-,21-,22-;;/m0../s1. The third kappa shape index (κ3) is 10.2. The summed E-state index contributed by atoms with van der Waals surface area (Å²) in [5.41, 5.74) is -0.306. The summed E-state index contributed by atoms with van der Waals surface area (Å²) in [7, 11) is 6.10. The largest absolute Gasteiger partial charge is 0.432 e. The smallest absolute Gasteiger partial charge is 0.269 e. The van der Waals surface area contributed by atoms with Crippen LogP contribution in [0.4, 0.5) is 10.1 Å². The molecule has 0 amide bonds. The highest BCUT2D eigenvalue weighted by atomic mass is 35.5. The predicted molar refractivity (Wildman–Crippen MR) is 281 cm³/mol. The summed E-state index contributed by atoms with van der Waals surface area (Å²) in [6.07, 6.45) is 7.59. The number of aliphatic hydroxyl groups excluding tert-OH is 1. The molecule has 4 aliphatic carbocycles. The number of halogens is 3. The van der Waals surface area contributed by atoms with Crippen molar-refractivity contribution < 1.29 is 28.9 Å². The Labute approximate surface area is 422 Å². The number of pyridine rings is 1. The van der Waals surface area contributed by atoms with E-state index >= 15 is 4.39 Å². The fraction of sp³-hybridized carbons (Fsp3) is 0.404. The van der Waals surface area contributed by atoms with E-state index in [9.17, 15) is 19.8 Å². The lowest BCUT2D eigenvalue weighted by Gasteiger charge is -2.62. The van der Waals surface area contributed by atoms with Crippen LogP contribution in [0.2, 0.25) is 5.02 Å². The Hall–Kier alpha value is -4.81. The molecule has 9 atom stereocenters. The topological polar surface area (TPSA) is 103 Å². The van der Waals surface area contributed by atoms with E-state index in [0.717, 1.165) is 46.1 Å². The zero-order chi connectivity index (χ0) is 49.9. The highest BCUT2D eigenvalue weighted by molar-refractivity contribution is 7.80. The zero-order valence-corrected chi connectivity index (χ0v) is 42.9. The van der Waals surface area contributed by atoms with Crippen LogP contribution in [-0.4, -0.2) is 87.8 Å². The van der Waals surface area contributed by atoms with Crippen molar-refractivity contribution in [3.05, 3.63) is 161 Å². The van der Waals surface area contributed by atoms with Gasteiger partial charge in [0, 0.05) is 52.3 Å². The first-order valence-electron chi connectivity index (χ1n) is 23.7. The number of alkyl halides is 2. The van der Waals surface area contributed by atoms with Gasteiger partial charge in [0.25, 0.3) is 5.17 Å². The van der Waals surface area contributed by atoms with Gasteiger partial charge in [-0.3, -0.25) is 14.6 Å². The number of hydrogen-bond acceptors (Lipinski definition) is 8. The molecule has 0 spiro atoms. The molecule has 69 heavy (non-hydrogen) atoms. The summed E-state index contributed by atoms with van der Waals surface area (Å²) in [5, 5.41) is 26.1. The van der Waals surface area contributed by atoms with Crippen molar-refractivity contribution in [2.45, 2.75) is 83.1 Å². The summed E-state index contributed by atoms with van der Waals surface area (Å²) < 4.78 is 22.7. The summed E-state index contributed by atoms with van der Waals surface area (Å²) in [6, 6.07) is 36.5. The van der Waals surface area contributed by atoms with Gasteiger partial charge in [0.15, 0.2) is 17.2 Å². The van der Waals surface area contributed by atoms with E-state index in [1.54, 1.807) is 13.0 Å². The molecule has 8 nitrogen and oxygen atoms in total. The van der Waals surface area contributed by atoms with Gasteiger partial charge >= 0.3 is 0 Å². The van der Waals surface area contributed by atoms with Crippen molar-refractivity contribution >= 4 is 68.6 Å². The van der Waals surface area contributed by atoms with Crippen LogP contribution in [0, 0.1) is 35.5 Å². The Balaban J connectivity index is 0.000000156. The number of allylic oxidation sites excluding steroid dienone is 4. The van der Waals surface area contributed by atoms with E-state index in [1.165, 1.54) is 28.7 Å². The van der Waals surface area contributed by atoms with Crippen molar-refractivity contribution in [1.29, 1.82) is 0 Å². The average molecular weight is 993 g/mol. The molecule has 0 saturated heterocycles. The molecular formula is C57H64Cl2FN3O5S. The predicted octanol–water partition coefficient (Wildman–Crippen LogP) is 11.9. The molecule has 4 aromatic carbocycles. The lowest BCUT2D eigenvalue weighted by molar-refractivity contribution is -0.218. The normalized spacial score (nSPS) is 28.1. The van der Waals surface area contributed by atoms with Gasteiger partial charge < -0.3 is 24.7 Å². The summed E-state index contributed by atoms with van der Waals surface area (Å²) in [6.45, 7) is 8.47. The van der Waals surface area contributed by atoms with Gasteiger partial charge in [-0.15, -0.1) is 11.6 Å². The number of fused-ring (bicyclic) bond motifs is 6. The molecule has 0 bridgehead atoms. The number of Topliss-reactive ketones (excluding diaryl/α,β-unsaturated/α-hetero) is 1. The van der Waals surface area contributed by atoms with Crippen LogP contribution in [0.3, 0.4) is 0 Å². The Kier molecular flexibility index (Phi) is 16.0. The average Bonchev–Trinajstić information content (AvgIpc) is 3.54. The minimum absolute atomic E-state index is 0.0151. The molecule has 3 saturated carbocycles. The van der Waals surface area contributed by atoms with E-state index in [0.29, 0.717) is 30.4 Å². The number of thiocarbonyl (C=S) groups is 1. The second kappa shape index (κ2) is 21.3. The first-order chi connectivity index (χ1) is 32.8. The monoisotopic (exact) mass is 991 g/mol. The van der Waals surface area contributed by atoms with Crippen LogP contribution in [0.15, 0.2) is 139 Å². The number of carbonyl (C=O) groups excluding carboxylic acids is 2. The molecule has 0 radical (unpaired) electrons. The lowest BCUT2D eigenvalue weighted by Crippen LogP contribution is -2.69. The van der Waals surface area contributed by atoms with Gasteiger partial charge in [-0.1, -0.05) is 97.8 Å². The van der Waals surface area contributed by atoms with Gasteiger partial charge in [0.05, 0.1) is 12.0 Å². The molecule has 2 N–H and O–H groups in total. The van der Waals surface area contributed by atoms with Crippen LogP contribution >= 0.6 is 35.4 Å². The van der Waals surface area contributed by atoms with Crippen LogP contribution in [-0.2, 0) is 9.59 Å². The summed E-state index contributed by atoms with van der Waals surface area (Å²) in [5.74, 6) is -0.962. The lowest BCUT2D eigenvalue weighted by atomic mass is 9.44. The number of aromatic nitrogens is 1. The van der Waals surface area contributed by atoms with Crippen molar-refractivity contribution in [3.8, 4) is 5.75 Å². The van der Waals surface area contributed by atoms with Gasteiger partial charge in [-0.2, -0.15) is 0 Å². The summed E-state index contributed by atoms with van der Waals surface area (Å²) in [4.78, 5) is 33.1. The third-order valence-electron chi connectivity index (χ3n) is 15.5. The van der Waals surface area contributed by atoms with E-state index in [2.05, 4.69) is 73.4 Å². The van der Waals surface area contributed by atoms with Gasteiger partial charge in [-0.05, 0) is 173 Å². The highest BCUT2D eigenvalue weighted by Gasteiger charge is 2.75. The molecule has 5 aromatic rings. The maximum absolute atomic E-state index is 16.9. The van der Waals surface area contributed by atoms with Crippen LogP contribution in [0.1, 0.15) is 75.6 Å². The molecule has 364 valence electrons. The SMILES string of the molecule is CN(C)CCC(c1ccc(Cl)cc1)c1ccccn1.C[C@H]1C[C@H]2[C@@H]3CCC4=CC(=O)C=C[C@]4(C)[C@@]3(F)[C@@H](O)C[C@]2(C)[C@@]1(O)C(=O)CCl.Cc1cccc(N(C)C(=S)Oc2ccc3ccccc3c2)c1. The van der Waals surface area contributed by atoms with Gasteiger partial charge in [0.1, 0.15) is 11.4 Å². The number of aryl methyl sites for hydroxylation is 1. The van der Waals surface area contributed by atoms with E-state index in [-0.39, 0.29) is 29.9 Å². The second-order valence-electron chi connectivity index (χ2n) is 20.0. The minimum atomic E-state index is -1.95. The number of ether oxygens (including phenoxy) is 1. The Morgan fingerprint density at radius 1 is 0.957 bits per heavy atom. The zero-order valence-electron chi connectivity index (χ0n) is 40.5. The number of aliphatic hydroxyl groups is 2.